The molecule has 0 unspecified atom stereocenters. The van der Waals surface area contributed by atoms with E-state index in [0.29, 0.717) is 21.8 Å². The van der Waals surface area contributed by atoms with Gasteiger partial charge in [-0.15, -0.1) is 0 Å². The first-order valence-corrected chi connectivity index (χ1v) is 7.30. The van der Waals surface area contributed by atoms with Gasteiger partial charge in [0.15, 0.2) is 0 Å². The molecule has 5 nitrogen and oxygen atoms in total. The van der Waals surface area contributed by atoms with Gasteiger partial charge in [0.25, 0.3) is 11.8 Å². The summed E-state index contributed by atoms with van der Waals surface area (Å²) in [5.41, 5.74) is 0.268. The molecule has 0 saturated carbocycles. The number of pyridine rings is 1. The van der Waals surface area contributed by atoms with Gasteiger partial charge in [0.1, 0.15) is 11.5 Å². The molecule has 0 fully saturated rings. The van der Waals surface area contributed by atoms with Crippen molar-refractivity contribution in [2.75, 3.05) is 12.4 Å². The fourth-order valence-electron chi connectivity index (χ4n) is 2.53. The third-order valence-corrected chi connectivity index (χ3v) is 3.72. The van der Waals surface area contributed by atoms with Crippen LogP contribution >= 0.6 is 11.6 Å². The zero-order chi connectivity index (χ0) is 16.2. The molecule has 0 radical (unpaired) electrons. The molecule has 1 aliphatic heterocycles. The van der Waals surface area contributed by atoms with Gasteiger partial charge in [0.2, 0.25) is 0 Å². The van der Waals surface area contributed by atoms with Crippen LogP contribution in [0.4, 0.5) is 5.82 Å². The highest BCUT2D eigenvalue weighted by molar-refractivity contribution is 6.32. The maximum atomic E-state index is 12.3. The Bertz CT molecular complexity index is 824. The van der Waals surface area contributed by atoms with Crippen LogP contribution in [0.1, 0.15) is 41.6 Å². The minimum Gasteiger partial charge on any atom is -0.365 e. The zero-order valence-corrected chi connectivity index (χ0v) is 13.6. The predicted octanol–water partition coefficient (Wildman–Crippen LogP) is 3.32. The van der Waals surface area contributed by atoms with Gasteiger partial charge >= 0.3 is 0 Å². The van der Waals surface area contributed by atoms with E-state index in [2.05, 4.69) is 10.3 Å². The number of anilines is 1. The Kier molecular flexibility index (Phi) is 3.14. The SMILES string of the molecule is CN1C(=O)c2nc(NC(C)(C)C)c3ccc(Cl)cc3c2C1=O. The fraction of sp³-hybridized carbons (Fsp3) is 0.312. The Labute approximate surface area is 133 Å². The van der Waals surface area contributed by atoms with Crippen molar-refractivity contribution in [3.05, 3.63) is 34.5 Å². The summed E-state index contributed by atoms with van der Waals surface area (Å²) in [6.45, 7) is 6.01. The first-order valence-electron chi connectivity index (χ1n) is 6.93. The van der Waals surface area contributed by atoms with Crippen LogP contribution in [0.25, 0.3) is 10.8 Å². The molecule has 0 saturated heterocycles. The molecule has 0 spiro atoms. The number of nitrogens with zero attached hydrogens (tertiary/aromatic N) is 2. The van der Waals surface area contributed by atoms with E-state index in [1.165, 1.54) is 7.05 Å². The Morgan fingerprint density at radius 2 is 1.82 bits per heavy atom. The number of imide groups is 1. The number of rotatable bonds is 1. The molecule has 2 amide bonds. The predicted molar refractivity (Wildman–Crippen MR) is 86.6 cm³/mol. The summed E-state index contributed by atoms with van der Waals surface area (Å²) in [7, 11) is 1.46. The number of fused-ring (bicyclic) bond motifs is 3. The van der Waals surface area contributed by atoms with E-state index in [4.69, 9.17) is 11.6 Å². The number of aromatic nitrogens is 1. The Balaban J connectivity index is 2.37. The normalized spacial score (nSPS) is 14.7. The summed E-state index contributed by atoms with van der Waals surface area (Å²) < 4.78 is 0. The Hall–Kier alpha value is -2.14. The molecule has 0 bridgehead atoms. The summed E-state index contributed by atoms with van der Waals surface area (Å²) in [6, 6.07) is 5.27. The molecule has 22 heavy (non-hydrogen) atoms. The zero-order valence-electron chi connectivity index (χ0n) is 12.8. The maximum Gasteiger partial charge on any atom is 0.280 e. The molecular formula is C16H16ClN3O2. The van der Waals surface area contributed by atoms with Crippen LogP contribution in [-0.2, 0) is 0 Å². The molecule has 2 heterocycles. The number of carbonyl (C=O) groups is 2. The second kappa shape index (κ2) is 4.68. The van der Waals surface area contributed by atoms with Crippen molar-refractivity contribution in [1.82, 2.24) is 9.88 Å². The second-order valence-corrected chi connectivity index (χ2v) is 6.85. The summed E-state index contributed by atoms with van der Waals surface area (Å²) in [6.07, 6.45) is 0. The van der Waals surface area contributed by atoms with Gasteiger partial charge in [-0.2, -0.15) is 0 Å². The number of hydrogen-bond acceptors (Lipinski definition) is 4. The van der Waals surface area contributed by atoms with Crippen molar-refractivity contribution in [2.24, 2.45) is 0 Å². The fourth-order valence-corrected chi connectivity index (χ4v) is 2.70. The molecule has 3 rings (SSSR count). The highest BCUT2D eigenvalue weighted by Crippen LogP contribution is 2.34. The largest absolute Gasteiger partial charge is 0.365 e. The maximum absolute atomic E-state index is 12.3. The summed E-state index contributed by atoms with van der Waals surface area (Å²) >= 11 is 6.08. The van der Waals surface area contributed by atoms with Crippen molar-refractivity contribution in [3.8, 4) is 0 Å². The first kappa shape index (κ1) is 14.8. The number of carbonyl (C=O) groups excluding carboxylic acids is 2. The minimum atomic E-state index is -0.390. The monoisotopic (exact) mass is 317 g/mol. The highest BCUT2D eigenvalue weighted by atomic mass is 35.5. The van der Waals surface area contributed by atoms with Crippen LogP contribution in [-0.4, -0.2) is 34.3 Å². The smallest absolute Gasteiger partial charge is 0.280 e. The van der Waals surface area contributed by atoms with Crippen LogP contribution in [0.15, 0.2) is 18.2 Å². The third kappa shape index (κ3) is 2.22. The Morgan fingerprint density at radius 1 is 1.14 bits per heavy atom. The van der Waals surface area contributed by atoms with Crippen LogP contribution in [0, 0.1) is 0 Å². The van der Waals surface area contributed by atoms with Crippen molar-refractivity contribution >= 4 is 40.0 Å². The quantitative estimate of drug-likeness (QED) is 0.820. The van der Waals surface area contributed by atoms with E-state index in [9.17, 15) is 9.59 Å². The van der Waals surface area contributed by atoms with Crippen molar-refractivity contribution < 1.29 is 9.59 Å². The Morgan fingerprint density at radius 3 is 2.45 bits per heavy atom. The number of benzene rings is 1. The number of hydrogen-bond donors (Lipinski definition) is 1. The van der Waals surface area contributed by atoms with Crippen LogP contribution in [0.2, 0.25) is 5.02 Å². The van der Waals surface area contributed by atoms with Crippen LogP contribution < -0.4 is 5.32 Å². The number of nitrogens with one attached hydrogen (secondary N) is 1. The minimum absolute atomic E-state index is 0.175. The number of halogens is 1. The van der Waals surface area contributed by atoms with Crippen molar-refractivity contribution in [2.45, 2.75) is 26.3 Å². The average molecular weight is 318 g/mol. The summed E-state index contributed by atoms with van der Waals surface area (Å²) in [5.74, 6) is -0.157. The molecule has 0 atom stereocenters. The molecule has 1 aliphatic rings. The van der Waals surface area contributed by atoms with Crippen LogP contribution in [0.5, 0.6) is 0 Å². The molecule has 1 aromatic heterocycles. The number of amides is 2. The van der Waals surface area contributed by atoms with Gasteiger partial charge in [-0.1, -0.05) is 11.6 Å². The van der Waals surface area contributed by atoms with Gasteiger partial charge in [-0.3, -0.25) is 14.5 Å². The van der Waals surface area contributed by atoms with Crippen molar-refractivity contribution in [3.63, 3.8) is 0 Å². The topological polar surface area (TPSA) is 62.3 Å². The molecular weight excluding hydrogens is 302 g/mol. The molecule has 114 valence electrons. The van der Waals surface area contributed by atoms with E-state index >= 15 is 0 Å². The van der Waals surface area contributed by atoms with Gasteiger partial charge in [0.05, 0.1) is 5.56 Å². The van der Waals surface area contributed by atoms with Crippen molar-refractivity contribution in [1.29, 1.82) is 0 Å². The van der Waals surface area contributed by atoms with Gasteiger partial charge < -0.3 is 5.32 Å². The van der Waals surface area contributed by atoms with Gasteiger partial charge in [-0.05, 0) is 39.0 Å². The van der Waals surface area contributed by atoms with E-state index in [1.54, 1.807) is 12.1 Å². The average Bonchev–Trinajstić information content (AvgIpc) is 2.62. The molecule has 0 aliphatic carbocycles. The van der Waals surface area contributed by atoms with E-state index in [0.717, 1.165) is 10.3 Å². The van der Waals surface area contributed by atoms with E-state index in [-0.39, 0.29) is 23.0 Å². The lowest BCUT2D eigenvalue weighted by Crippen LogP contribution is -2.27. The summed E-state index contributed by atoms with van der Waals surface area (Å²) in [5, 5.41) is 5.22. The van der Waals surface area contributed by atoms with Crippen LogP contribution in [0.3, 0.4) is 0 Å². The standard InChI is InChI=1S/C16H16ClN3O2/c1-16(2,3)19-13-9-6-5-8(17)7-10(9)11-12(18-13)15(22)20(4)14(11)21/h5-7H,1-4H3,(H,18,19). The van der Waals surface area contributed by atoms with E-state index < -0.39 is 0 Å². The third-order valence-electron chi connectivity index (χ3n) is 3.49. The lowest BCUT2D eigenvalue weighted by molar-refractivity contribution is 0.0692. The van der Waals surface area contributed by atoms with E-state index in [1.807, 2.05) is 26.8 Å². The molecule has 1 aromatic carbocycles. The second-order valence-electron chi connectivity index (χ2n) is 6.42. The highest BCUT2D eigenvalue weighted by Gasteiger charge is 2.37. The molecule has 6 heteroatoms. The molecule has 2 aromatic rings. The van der Waals surface area contributed by atoms with Gasteiger partial charge in [-0.25, -0.2) is 4.98 Å². The lowest BCUT2D eigenvalue weighted by atomic mass is 10.0. The summed E-state index contributed by atoms with van der Waals surface area (Å²) in [4.78, 5) is 30.1. The van der Waals surface area contributed by atoms with Gasteiger partial charge in [0, 0.05) is 28.4 Å². The molecule has 1 N–H and O–H groups in total. The first-order chi connectivity index (χ1) is 10.2. The lowest BCUT2D eigenvalue weighted by Gasteiger charge is -2.23.